The van der Waals surface area contributed by atoms with E-state index in [0.29, 0.717) is 6.04 Å². The Hall–Kier alpha value is -3.21. The van der Waals surface area contributed by atoms with Crippen LogP contribution in [0.4, 0.5) is 5.82 Å². The quantitative estimate of drug-likeness (QED) is 0.202. The van der Waals surface area contributed by atoms with Gasteiger partial charge in [0.1, 0.15) is 5.82 Å². The molecule has 1 N–H and O–H groups in total. The molecule has 1 aromatic heterocycles. The number of fused-ring (bicyclic) bond motifs is 2. The first-order chi connectivity index (χ1) is 19.4. The number of para-hydroxylation sites is 1. The Morgan fingerprint density at radius 3 is 2.45 bits per heavy atom. The molecule has 2 unspecified atom stereocenters. The molecule has 1 heterocycles. The van der Waals surface area contributed by atoms with Crippen molar-refractivity contribution >= 4 is 33.9 Å². The van der Waals surface area contributed by atoms with Crippen molar-refractivity contribution in [2.45, 2.75) is 65.8 Å². The smallest absolute Gasteiger partial charge is 0.162 e. The lowest BCUT2D eigenvalue weighted by atomic mass is 9.93. The molecule has 5 rings (SSSR count). The number of halogens is 1. The van der Waals surface area contributed by atoms with Crippen molar-refractivity contribution in [2.75, 3.05) is 25.0 Å². The van der Waals surface area contributed by atoms with Crippen molar-refractivity contribution < 1.29 is 0 Å². The molecule has 40 heavy (non-hydrogen) atoms. The van der Waals surface area contributed by atoms with E-state index in [1.165, 1.54) is 16.7 Å². The van der Waals surface area contributed by atoms with E-state index >= 15 is 0 Å². The molecule has 0 bridgehead atoms. The van der Waals surface area contributed by atoms with Gasteiger partial charge in [0.25, 0.3) is 0 Å². The van der Waals surface area contributed by atoms with E-state index < -0.39 is 0 Å². The molecule has 4 aromatic rings. The number of aromatic nitrogens is 2. The molecular formula is C35H41ClN4. The van der Waals surface area contributed by atoms with Crippen molar-refractivity contribution in [3.8, 4) is 0 Å². The zero-order valence-corrected chi connectivity index (χ0v) is 25.2. The first kappa shape index (κ1) is 28.3. The van der Waals surface area contributed by atoms with E-state index in [4.69, 9.17) is 21.6 Å². The topological polar surface area (TPSA) is 41.0 Å². The number of allylic oxidation sites excluding steroid dienone is 1. The maximum atomic E-state index is 6.83. The Balaban J connectivity index is 1.50. The monoisotopic (exact) mass is 552 g/mol. The largest absolute Gasteiger partial charge is 0.367 e. The number of rotatable bonds is 11. The highest BCUT2D eigenvalue weighted by Gasteiger charge is 2.29. The maximum absolute atomic E-state index is 6.83. The lowest BCUT2D eigenvalue weighted by Gasteiger charge is -2.21. The van der Waals surface area contributed by atoms with Gasteiger partial charge in [-0.25, -0.2) is 9.97 Å². The summed E-state index contributed by atoms with van der Waals surface area (Å²) in [5.41, 5.74) is 8.10. The third-order valence-electron chi connectivity index (χ3n) is 8.22. The Kier molecular flexibility index (Phi) is 8.87. The summed E-state index contributed by atoms with van der Waals surface area (Å²) in [7, 11) is 0. The van der Waals surface area contributed by atoms with Gasteiger partial charge in [-0.05, 0) is 94.1 Å². The molecule has 0 saturated carbocycles. The van der Waals surface area contributed by atoms with Crippen molar-refractivity contribution in [3.63, 3.8) is 0 Å². The minimum atomic E-state index is 0.174. The van der Waals surface area contributed by atoms with Crippen LogP contribution in [0.3, 0.4) is 0 Å². The van der Waals surface area contributed by atoms with Crippen LogP contribution in [0.5, 0.6) is 0 Å². The minimum absolute atomic E-state index is 0.174. The average molecular weight is 553 g/mol. The van der Waals surface area contributed by atoms with Crippen molar-refractivity contribution in [1.82, 2.24) is 14.9 Å². The highest BCUT2D eigenvalue weighted by molar-refractivity contribution is 6.32. The molecule has 0 aliphatic heterocycles. The number of nitrogens with one attached hydrogen (secondary N) is 1. The van der Waals surface area contributed by atoms with Gasteiger partial charge in [-0.2, -0.15) is 0 Å². The van der Waals surface area contributed by atoms with Crippen LogP contribution in [-0.4, -0.2) is 40.5 Å². The third kappa shape index (κ3) is 6.09. The van der Waals surface area contributed by atoms with Crippen LogP contribution >= 0.6 is 11.6 Å². The molecule has 1 aliphatic carbocycles. The summed E-state index contributed by atoms with van der Waals surface area (Å²) in [5, 5.41) is 5.63. The summed E-state index contributed by atoms with van der Waals surface area (Å²) in [5.74, 6) is 1.84. The average Bonchev–Trinajstić information content (AvgIpc) is 3.32. The van der Waals surface area contributed by atoms with Crippen LogP contribution in [0.2, 0.25) is 5.02 Å². The second-order valence-corrected chi connectivity index (χ2v) is 11.6. The van der Waals surface area contributed by atoms with Crippen LogP contribution in [0.25, 0.3) is 16.5 Å². The molecule has 0 amide bonds. The van der Waals surface area contributed by atoms with Gasteiger partial charge >= 0.3 is 0 Å². The first-order valence-electron chi connectivity index (χ1n) is 14.7. The fraction of sp³-hybridized carbons (Fsp3) is 0.371. The highest BCUT2D eigenvalue weighted by atomic mass is 35.5. The predicted molar refractivity (Wildman–Crippen MR) is 171 cm³/mol. The zero-order valence-electron chi connectivity index (χ0n) is 24.5. The normalized spacial score (nSPS) is 15.4. The summed E-state index contributed by atoms with van der Waals surface area (Å²) >= 11 is 6.83. The number of nitrogens with zero attached hydrogens (tertiary/aromatic N) is 3. The third-order valence-corrected chi connectivity index (χ3v) is 8.55. The van der Waals surface area contributed by atoms with Gasteiger partial charge in [0.15, 0.2) is 5.82 Å². The molecule has 208 valence electrons. The van der Waals surface area contributed by atoms with Gasteiger partial charge in [0.2, 0.25) is 0 Å². The van der Waals surface area contributed by atoms with Crippen molar-refractivity contribution in [2.24, 2.45) is 0 Å². The van der Waals surface area contributed by atoms with Crippen LogP contribution in [-0.2, 0) is 6.42 Å². The van der Waals surface area contributed by atoms with Gasteiger partial charge in [-0.3, -0.25) is 0 Å². The summed E-state index contributed by atoms with van der Waals surface area (Å²) in [6.07, 6.45) is 5.46. The molecular weight excluding hydrogens is 512 g/mol. The van der Waals surface area contributed by atoms with Gasteiger partial charge in [-0.15, -0.1) is 0 Å². The fourth-order valence-electron chi connectivity index (χ4n) is 5.85. The van der Waals surface area contributed by atoms with Gasteiger partial charge in [0.05, 0.1) is 5.52 Å². The minimum Gasteiger partial charge on any atom is -0.367 e. The zero-order chi connectivity index (χ0) is 28.2. The van der Waals surface area contributed by atoms with Crippen molar-refractivity contribution in [3.05, 3.63) is 105 Å². The molecule has 0 spiro atoms. The summed E-state index contributed by atoms with van der Waals surface area (Å²) in [6.45, 7) is 14.3. The summed E-state index contributed by atoms with van der Waals surface area (Å²) < 4.78 is 0. The van der Waals surface area contributed by atoms with E-state index in [0.717, 1.165) is 83.2 Å². The molecule has 2 atom stereocenters. The number of anilines is 1. The Morgan fingerprint density at radius 2 is 1.70 bits per heavy atom. The molecule has 5 heteroatoms. The predicted octanol–water partition coefficient (Wildman–Crippen LogP) is 8.59. The van der Waals surface area contributed by atoms with Crippen LogP contribution in [0.15, 0.2) is 66.7 Å². The second-order valence-electron chi connectivity index (χ2n) is 11.2. The number of hydrogen-bond donors (Lipinski definition) is 1. The number of benzene rings is 3. The fourth-order valence-corrected chi connectivity index (χ4v) is 6.16. The highest BCUT2D eigenvalue weighted by Crippen LogP contribution is 2.44. The van der Waals surface area contributed by atoms with E-state index in [-0.39, 0.29) is 5.92 Å². The number of aryl methyl sites for hydroxylation is 2. The summed E-state index contributed by atoms with van der Waals surface area (Å²) in [6, 6.07) is 21.6. The standard InChI is InChI=1S/C35H41ClN4/c1-6-40(7-2)20-10-12-25(5)37-34-29-14-8-11-24(4)33(29)38-35(39-34)30-22-27(21-26-18-16-23(3)17-19-26)32-28(30)13-9-15-31(32)36/h8-9,11,13-19,22,25,27H,6-7,10,12,20-21H2,1-5H3,(H,37,38,39). The molecule has 4 nitrogen and oxygen atoms in total. The SMILES string of the molecule is CCN(CC)CCCC(C)Nc1nc(C2=CC(Cc3ccc(C)cc3)c3c(Cl)cccc32)nc2c(C)cccc12. The molecule has 0 saturated heterocycles. The lowest BCUT2D eigenvalue weighted by molar-refractivity contribution is 0.295. The van der Waals surface area contributed by atoms with Crippen molar-refractivity contribution in [1.29, 1.82) is 0 Å². The Morgan fingerprint density at radius 1 is 0.950 bits per heavy atom. The lowest BCUT2D eigenvalue weighted by Crippen LogP contribution is -2.26. The van der Waals surface area contributed by atoms with Crippen LogP contribution in [0, 0.1) is 13.8 Å². The Labute approximate surface area is 244 Å². The van der Waals surface area contributed by atoms with Gasteiger partial charge in [0, 0.05) is 27.9 Å². The van der Waals surface area contributed by atoms with Gasteiger partial charge in [-0.1, -0.05) is 85.6 Å². The van der Waals surface area contributed by atoms with E-state index in [9.17, 15) is 0 Å². The Bertz CT molecular complexity index is 1500. The molecule has 0 fully saturated rings. The molecule has 0 radical (unpaired) electrons. The van der Waals surface area contributed by atoms with E-state index in [2.05, 4.69) is 99.4 Å². The number of hydrogen-bond acceptors (Lipinski definition) is 4. The maximum Gasteiger partial charge on any atom is 0.162 e. The summed E-state index contributed by atoms with van der Waals surface area (Å²) in [4.78, 5) is 12.8. The van der Waals surface area contributed by atoms with Crippen LogP contribution in [0.1, 0.15) is 73.2 Å². The second kappa shape index (κ2) is 12.5. The van der Waals surface area contributed by atoms with E-state index in [1.807, 2.05) is 12.1 Å². The van der Waals surface area contributed by atoms with E-state index in [1.54, 1.807) is 0 Å². The van der Waals surface area contributed by atoms with Gasteiger partial charge < -0.3 is 10.2 Å². The molecule has 1 aliphatic rings. The van der Waals surface area contributed by atoms with Crippen LogP contribution < -0.4 is 5.32 Å². The first-order valence-corrected chi connectivity index (χ1v) is 15.1. The molecule has 3 aromatic carbocycles.